The number of ether oxygens (including phenoxy) is 4. The molecule has 0 saturated carbocycles. The zero-order valence-electron chi connectivity index (χ0n) is 44.5. The van der Waals surface area contributed by atoms with Crippen molar-refractivity contribution in [2.24, 2.45) is 0 Å². The van der Waals surface area contributed by atoms with E-state index in [0.717, 1.165) is 70.6 Å². The Balaban J connectivity index is 4.26. The molecule has 0 aromatic heterocycles. The molecule has 0 aromatic rings. The molecule has 0 aliphatic carbocycles. The average Bonchev–Trinajstić information content (AvgIpc) is 3.29. The number of carbonyl (C=O) groups is 3. The number of hydrogen-bond donors (Lipinski definition) is 0. The first-order valence-corrected chi connectivity index (χ1v) is 28.1. The first-order valence-electron chi connectivity index (χ1n) is 28.1. The molecule has 0 aliphatic rings. The Labute approximate surface area is 413 Å². The van der Waals surface area contributed by atoms with Gasteiger partial charge in [0.25, 0.3) is 0 Å². The molecule has 0 saturated heterocycles. The first-order chi connectivity index (χ1) is 32.6. The van der Waals surface area contributed by atoms with Crippen LogP contribution in [0.25, 0.3) is 0 Å². The van der Waals surface area contributed by atoms with Crippen molar-refractivity contribution in [2.45, 2.75) is 270 Å². The van der Waals surface area contributed by atoms with Crippen LogP contribution in [0.4, 0.5) is 0 Å². The van der Waals surface area contributed by atoms with Crippen molar-refractivity contribution >= 4 is 17.9 Å². The summed E-state index contributed by atoms with van der Waals surface area (Å²) in [4.78, 5) is 37.2. The number of carboxylic acid groups (broad SMARTS) is 1. The quantitative estimate of drug-likeness (QED) is 0.0195. The molecule has 0 rings (SSSR count). The number of quaternary nitrogens is 1. The highest BCUT2D eigenvalue weighted by Crippen LogP contribution is 2.17. The van der Waals surface area contributed by atoms with Gasteiger partial charge in [-0.1, -0.05) is 230 Å². The third kappa shape index (κ3) is 51.2. The molecular formula is C58H107NO8. The van der Waals surface area contributed by atoms with E-state index in [1.54, 1.807) is 0 Å². The zero-order chi connectivity index (χ0) is 49.2. The number of hydrogen-bond acceptors (Lipinski definition) is 8. The second-order valence-electron chi connectivity index (χ2n) is 20.2. The zero-order valence-corrected chi connectivity index (χ0v) is 44.5. The van der Waals surface area contributed by atoms with E-state index in [1.165, 1.54) is 154 Å². The minimum Gasteiger partial charge on any atom is -0.545 e. The van der Waals surface area contributed by atoms with Gasteiger partial charge in [0.1, 0.15) is 13.2 Å². The maximum Gasteiger partial charge on any atom is 0.306 e. The Bertz CT molecular complexity index is 1190. The van der Waals surface area contributed by atoms with E-state index in [2.05, 4.69) is 50.3 Å². The van der Waals surface area contributed by atoms with Gasteiger partial charge in [-0.25, -0.2) is 0 Å². The highest BCUT2D eigenvalue weighted by Gasteiger charge is 2.22. The Hall–Kier alpha value is -2.49. The fourth-order valence-corrected chi connectivity index (χ4v) is 8.01. The molecule has 0 spiro atoms. The van der Waals surface area contributed by atoms with Gasteiger partial charge in [-0.05, 0) is 51.4 Å². The van der Waals surface area contributed by atoms with E-state index < -0.39 is 24.3 Å². The van der Waals surface area contributed by atoms with Gasteiger partial charge >= 0.3 is 11.9 Å². The second-order valence-corrected chi connectivity index (χ2v) is 20.2. The molecule has 9 heteroatoms. The van der Waals surface area contributed by atoms with E-state index in [-0.39, 0.29) is 32.2 Å². The topological polar surface area (TPSA) is 111 Å². The number of carboxylic acids is 1. The summed E-state index contributed by atoms with van der Waals surface area (Å²) in [6.07, 6.45) is 56.1. The highest BCUT2D eigenvalue weighted by atomic mass is 16.7. The van der Waals surface area contributed by atoms with Crippen LogP contribution in [0.2, 0.25) is 0 Å². The predicted molar refractivity (Wildman–Crippen MR) is 279 cm³/mol. The molecular weight excluding hydrogens is 839 g/mol. The van der Waals surface area contributed by atoms with E-state index in [4.69, 9.17) is 18.9 Å². The van der Waals surface area contributed by atoms with Crippen molar-refractivity contribution in [1.29, 1.82) is 0 Å². The molecule has 2 unspecified atom stereocenters. The van der Waals surface area contributed by atoms with Gasteiger partial charge in [0.05, 0.1) is 40.3 Å². The lowest BCUT2D eigenvalue weighted by molar-refractivity contribution is -0.870. The largest absolute Gasteiger partial charge is 0.545 e. The summed E-state index contributed by atoms with van der Waals surface area (Å²) in [6, 6.07) is 0. The van der Waals surface area contributed by atoms with Crippen LogP contribution in [-0.2, 0) is 33.3 Å². The van der Waals surface area contributed by atoms with E-state index in [9.17, 15) is 19.5 Å². The van der Waals surface area contributed by atoms with Crippen molar-refractivity contribution in [3.05, 3.63) is 36.5 Å². The first kappa shape index (κ1) is 64.5. The Kier molecular flexibility index (Phi) is 48.1. The smallest absolute Gasteiger partial charge is 0.306 e. The van der Waals surface area contributed by atoms with E-state index in [1.807, 2.05) is 21.1 Å². The van der Waals surface area contributed by atoms with Gasteiger partial charge in [0.15, 0.2) is 12.4 Å². The standard InChI is InChI=1S/C58H107NO8/c1-6-8-10-12-14-16-18-20-22-24-26-27-28-29-31-32-34-36-38-40-42-44-46-48-55(60)65-52-54(53-66-58(57(62)63)64-51-50-59(3,4)5)67-56(61)49-47-45-43-41-39-37-35-33-30-25-23-21-19-17-15-13-11-9-7-2/h15,17,21,23,30,33,54,58H,6-14,16,18-20,22,24-29,31-32,34-53H2,1-5H3/b17-15-,23-21-,33-30-. The number of rotatable bonds is 52. The fourth-order valence-electron chi connectivity index (χ4n) is 8.01. The molecule has 0 amide bonds. The predicted octanol–water partition coefficient (Wildman–Crippen LogP) is 14.8. The molecule has 2 atom stereocenters. The number of allylic oxidation sites excluding steroid dienone is 6. The summed E-state index contributed by atoms with van der Waals surface area (Å²) in [6.45, 7) is 4.74. The van der Waals surface area contributed by atoms with Crippen LogP contribution in [0.1, 0.15) is 258 Å². The minimum atomic E-state index is -1.62. The van der Waals surface area contributed by atoms with Gasteiger partial charge in [-0.3, -0.25) is 9.59 Å². The second kappa shape index (κ2) is 49.9. The molecule has 0 fully saturated rings. The Morgan fingerprint density at radius 3 is 1.22 bits per heavy atom. The van der Waals surface area contributed by atoms with Gasteiger partial charge in [-0.2, -0.15) is 0 Å². The van der Waals surface area contributed by atoms with Gasteiger partial charge in [0, 0.05) is 12.8 Å². The monoisotopic (exact) mass is 946 g/mol. The maximum absolute atomic E-state index is 12.8. The van der Waals surface area contributed by atoms with Crippen LogP contribution in [-0.4, -0.2) is 82.3 Å². The number of carbonyl (C=O) groups excluding carboxylic acids is 3. The number of likely N-dealkylation sites (N-methyl/N-ethyl adjacent to an activating group) is 1. The third-order valence-corrected chi connectivity index (χ3v) is 12.4. The number of unbranched alkanes of at least 4 members (excludes halogenated alkanes) is 31. The lowest BCUT2D eigenvalue weighted by Crippen LogP contribution is -2.44. The summed E-state index contributed by atoms with van der Waals surface area (Å²) >= 11 is 0. The molecule has 0 aromatic carbocycles. The van der Waals surface area contributed by atoms with Crippen LogP contribution in [0.5, 0.6) is 0 Å². The molecule has 0 bridgehead atoms. The Morgan fingerprint density at radius 2 is 0.806 bits per heavy atom. The van der Waals surface area contributed by atoms with Crippen LogP contribution in [0, 0.1) is 0 Å². The van der Waals surface area contributed by atoms with Gasteiger partial charge in [-0.15, -0.1) is 0 Å². The van der Waals surface area contributed by atoms with Crippen molar-refractivity contribution in [2.75, 3.05) is 47.5 Å². The number of nitrogens with zero attached hydrogens (tertiary/aromatic N) is 1. The SMILES string of the molecule is CCCCC/C=C\C/C=C\C/C=C\CCCCCCCCC(=O)OC(COC(=O)CCCCCCCCCCCCCCCCCCCCCCCCC)COC(OCC[N+](C)(C)C)C(=O)[O-]. The van der Waals surface area contributed by atoms with Crippen LogP contribution >= 0.6 is 0 Å². The van der Waals surface area contributed by atoms with Gasteiger partial charge in [0.2, 0.25) is 0 Å². The van der Waals surface area contributed by atoms with Gasteiger partial charge < -0.3 is 33.3 Å². The van der Waals surface area contributed by atoms with Crippen molar-refractivity contribution < 1.29 is 42.9 Å². The van der Waals surface area contributed by atoms with E-state index in [0.29, 0.717) is 23.9 Å². The molecule has 0 aliphatic heterocycles. The molecule has 0 radical (unpaired) electrons. The molecule has 9 nitrogen and oxygen atoms in total. The molecule has 392 valence electrons. The summed E-state index contributed by atoms with van der Waals surface area (Å²) in [5.41, 5.74) is 0. The molecule has 0 heterocycles. The van der Waals surface area contributed by atoms with Crippen LogP contribution < -0.4 is 5.11 Å². The average molecular weight is 946 g/mol. The number of aliphatic carboxylic acids is 1. The summed E-state index contributed by atoms with van der Waals surface area (Å²) < 4.78 is 22.7. The van der Waals surface area contributed by atoms with Crippen molar-refractivity contribution in [1.82, 2.24) is 0 Å². The lowest BCUT2D eigenvalue weighted by atomic mass is 10.0. The minimum absolute atomic E-state index is 0.146. The van der Waals surface area contributed by atoms with E-state index >= 15 is 0 Å². The molecule has 67 heavy (non-hydrogen) atoms. The Morgan fingerprint density at radius 1 is 0.448 bits per heavy atom. The summed E-state index contributed by atoms with van der Waals surface area (Å²) in [5.74, 6) is -2.29. The maximum atomic E-state index is 12.8. The van der Waals surface area contributed by atoms with Crippen LogP contribution in [0.3, 0.4) is 0 Å². The summed E-state index contributed by atoms with van der Waals surface area (Å²) in [7, 11) is 5.92. The lowest BCUT2D eigenvalue weighted by Gasteiger charge is -2.26. The third-order valence-electron chi connectivity index (χ3n) is 12.4. The molecule has 0 N–H and O–H groups in total. The van der Waals surface area contributed by atoms with Crippen molar-refractivity contribution in [3.63, 3.8) is 0 Å². The normalized spacial score (nSPS) is 13.0. The number of esters is 2. The summed E-state index contributed by atoms with van der Waals surface area (Å²) in [5, 5.41) is 11.8. The highest BCUT2D eigenvalue weighted by molar-refractivity contribution is 5.70. The fraction of sp³-hybridized carbons (Fsp3) is 0.845. The van der Waals surface area contributed by atoms with Crippen LogP contribution in [0.15, 0.2) is 36.5 Å². The van der Waals surface area contributed by atoms with Crippen molar-refractivity contribution in [3.8, 4) is 0 Å².